The van der Waals surface area contributed by atoms with Crippen LogP contribution < -0.4 is 0 Å². The van der Waals surface area contributed by atoms with Gasteiger partial charge in [-0.15, -0.1) is 0 Å². The fourth-order valence-electron chi connectivity index (χ4n) is 2.05. The maximum atomic E-state index is 12.1. The van der Waals surface area contributed by atoms with Gasteiger partial charge in [-0.3, -0.25) is 4.79 Å². The Balaban J connectivity index is 1.84. The smallest absolute Gasteiger partial charge is 0.337 e. The Morgan fingerprint density at radius 2 is 1.60 bits per heavy atom. The molecule has 6 nitrogen and oxygen atoms in total. The van der Waals surface area contributed by atoms with Gasteiger partial charge in [0.25, 0.3) is 0 Å². The van der Waals surface area contributed by atoms with E-state index >= 15 is 0 Å². The molecule has 0 radical (unpaired) electrons. The highest BCUT2D eigenvalue weighted by Crippen LogP contribution is 2.12. The summed E-state index contributed by atoms with van der Waals surface area (Å²) < 4.78 is 33.8. The van der Waals surface area contributed by atoms with Crippen molar-refractivity contribution in [1.29, 1.82) is 0 Å². The van der Waals surface area contributed by atoms with Crippen molar-refractivity contribution in [3.63, 3.8) is 0 Å². The van der Waals surface area contributed by atoms with Crippen LogP contribution in [0.1, 0.15) is 22.3 Å². The second-order valence-electron chi connectivity index (χ2n) is 5.23. The summed E-state index contributed by atoms with van der Waals surface area (Å²) in [6, 6.07) is 14.4. The summed E-state index contributed by atoms with van der Waals surface area (Å²) >= 11 is 0. The van der Waals surface area contributed by atoms with E-state index in [2.05, 4.69) is 4.74 Å². The topological polar surface area (TPSA) is 86.7 Å². The van der Waals surface area contributed by atoms with Crippen LogP contribution in [0.2, 0.25) is 0 Å². The maximum Gasteiger partial charge on any atom is 0.337 e. The molecule has 7 heteroatoms. The zero-order valence-corrected chi connectivity index (χ0v) is 14.5. The second kappa shape index (κ2) is 8.43. The van der Waals surface area contributed by atoms with Crippen molar-refractivity contribution in [2.45, 2.75) is 17.9 Å². The van der Waals surface area contributed by atoms with Gasteiger partial charge in [-0.05, 0) is 29.8 Å². The molecule has 0 aliphatic carbocycles. The number of rotatable bonds is 7. The summed E-state index contributed by atoms with van der Waals surface area (Å²) in [5.41, 5.74) is 1.08. The van der Waals surface area contributed by atoms with Gasteiger partial charge >= 0.3 is 11.9 Å². The van der Waals surface area contributed by atoms with Crippen LogP contribution >= 0.6 is 0 Å². The summed E-state index contributed by atoms with van der Waals surface area (Å²) in [7, 11) is -2.22. The first kappa shape index (κ1) is 18.7. The number of sulfone groups is 1. The maximum absolute atomic E-state index is 12.1. The Bertz CT molecular complexity index is 826. The van der Waals surface area contributed by atoms with Gasteiger partial charge in [-0.25, -0.2) is 13.2 Å². The van der Waals surface area contributed by atoms with Gasteiger partial charge in [0.1, 0.15) is 6.61 Å². The average molecular weight is 362 g/mol. The molecule has 0 fully saturated rings. The Morgan fingerprint density at radius 1 is 0.960 bits per heavy atom. The quantitative estimate of drug-likeness (QED) is 0.703. The van der Waals surface area contributed by atoms with Crippen LogP contribution in [0, 0.1) is 0 Å². The molecule has 0 saturated heterocycles. The zero-order valence-electron chi connectivity index (χ0n) is 13.7. The number of esters is 2. The Hall–Kier alpha value is -2.67. The molecule has 2 aromatic rings. The van der Waals surface area contributed by atoms with E-state index in [1.54, 1.807) is 42.5 Å². The average Bonchev–Trinajstić information content (AvgIpc) is 2.65. The molecule has 0 spiro atoms. The van der Waals surface area contributed by atoms with Gasteiger partial charge in [0.05, 0.1) is 29.7 Å². The minimum atomic E-state index is -3.51. The van der Waals surface area contributed by atoms with Crippen LogP contribution in [-0.2, 0) is 30.7 Å². The largest absolute Gasteiger partial charge is 0.465 e. The molecular weight excluding hydrogens is 344 g/mol. The van der Waals surface area contributed by atoms with Gasteiger partial charge in [0.15, 0.2) is 9.84 Å². The van der Waals surface area contributed by atoms with E-state index < -0.39 is 21.8 Å². The van der Waals surface area contributed by atoms with Gasteiger partial charge in [-0.1, -0.05) is 30.3 Å². The number of hydrogen-bond donors (Lipinski definition) is 0. The molecule has 0 aliphatic rings. The Labute approximate surface area is 146 Å². The first-order valence-electron chi connectivity index (χ1n) is 7.53. The predicted octanol–water partition coefficient (Wildman–Crippen LogP) is 2.38. The van der Waals surface area contributed by atoms with Crippen molar-refractivity contribution < 1.29 is 27.5 Å². The van der Waals surface area contributed by atoms with Gasteiger partial charge in [-0.2, -0.15) is 0 Å². The number of methoxy groups -OCH3 is 1. The third-order valence-electron chi connectivity index (χ3n) is 3.45. The Kier molecular flexibility index (Phi) is 6.30. The van der Waals surface area contributed by atoms with Crippen LogP contribution in [0.5, 0.6) is 0 Å². The van der Waals surface area contributed by atoms with Crippen LogP contribution in [0.25, 0.3) is 0 Å². The molecule has 0 heterocycles. The number of ether oxygens (including phenoxy) is 2. The normalized spacial score (nSPS) is 10.9. The third-order valence-corrected chi connectivity index (χ3v) is 5.18. The van der Waals surface area contributed by atoms with E-state index in [1.807, 2.05) is 0 Å². The van der Waals surface area contributed by atoms with E-state index in [4.69, 9.17) is 4.74 Å². The summed E-state index contributed by atoms with van der Waals surface area (Å²) in [5, 5.41) is 0. The van der Waals surface area contributed by atoms with E-state index in [0.29, 0.717) is 11.1 Å². The van der Waals surface area contributed by atoms with Crippen molar-refractivity contribution in [3.05, 3.63) is 65.7 Å². The molecule has 25 heavy (non-hydrogen) atoms. The van der Waals surface area contributed by atoms with E-state index in [0.717, 1.165) is 0 Å². The van der Waals surface area contributed by atoms with Crippen molar-refractivity contribution in [1.82, 2.24) is 0 Å². The monoisotopic (exact) mass is 362 g/mol. The summed E-state index contributed by atoms with van der Waals surface area (Å²) in [6.45, 7) is 0.00563. The molecular formula is C18H18O6S. The van der Waals surface area contributed by atoms with E-state index in [1.165, 1.54) is 19.2 Å². The number of hydrogen-bond acceptors (Lipinski definition) is 6. The highest BCUT2D eigenvalue weighted by molar-refractivity contribution is 7.91. The minimum Gasteiger partial charge on any atom is -0.465 e. The number of carbonyl (C=O) groups is 2. The Morgan fingerprint density at radius 3 is 2.20 bits per heavy atom. The third kappa shape index (κ3) is 5.42. The fourth-order valence-corrected chi connectivity index (χ4v) is 3.30. The molecule has 132 valence electrons. The molecule has 0 aliphatic heterocycles. The molecule has 0 amide bonds. The first-order chi connectivity index (χ1) is 11.9. The molecule has 0 aromatic heterocycles. The van der Waals surface area contributed by atoms with Crippen molar-refractivity contribution >= 4 is 21.8 Å². The number of carbonyl (C=O) groups excluding carboxylic acids is 2. The van der Waals surface area contributed by atoms with Crippen molar-refractivity contribution in [3.8, 4) is 0 Å². The van der Waals surface area contributed by atoms with Crippen molar-refractivity contribution in [2.75, 3.05) is 12.9 Å². The lowest BCUT2D eigenvalue weighted by Gasteiger charge is -2.07. The van der Waals surface area contributed by atoms with Gasteiger partial charge < -0.3 is 9.47 Å². The van der Waals surface area contributed by atoms with Crippen LogP contribution in [0.4, 0.5) is 0 Å². The van der Waals surface area contributed by atoms with Crippen LogP contribution in [0.3, 0.4) is 0 Å². The SMILES string of the molecule is COC(=O)c1ccc(COC(=O)CCS(=O)(=O)c2ccccc2)cc1. The molecule has 0 atom stereocenters. The fraction of sp³-hybridized carbons (Fsp3) is 0.222. The van der Waals surface area contributed by atoms with Gasteiger partial charge in [0, 0.05) is 0 Å². The van der Waals surface area contributed by atoms with Crippen molar-refractivity contribution in [2.24, 2.45) is 0 Å². The molecule has 0 N–H and O–H groups in total. The summed E-state index contributed by atoms with van der Waals surface area (Å²) in [4.78, 5) is 23.3. The highest BCUT2D eigenvalue weighted by atomic mass is 32.2. The lowest BCUT2D eigenvalue weighted by atomic mass is 10.1. The number of benzene rings is 2. The predicted molar refractivity (Wildman–Crippen MR) is 90.7 cm³/mol. The minimum absolute atomic E-state index is 0.00563. The van der Waals surface area contributed by atoms with E-state index in [-0.39, 0.29) is 23.7 Å². The zero-order chi connectivity index (χ0) is 18.3. The van der Waals surface area contributed by atoms with Crippen LogP contribution in [0.15, 0.2) is 59.5 Å². The molecule has 2 aromatic carbocycles. The second-order valence-corrected chi connectivity index (χ2v) is 7.34. The molecule has 0 bridgehead atoms. The lowest BCUT2D eigenvalue weighted by molar-refractivity contribution is -0.144. The van der Waals surface area contributed by atoms with Gasteiger partial charge in [0.2, 0.25) is 0 Å². The first-order valence-corrected chi connectivity index (χ1v) is 9.18. The molecule has 2 rings (SSSR count). The van der Waals surface area contributed by atoms with Crippen LogP contribution in [-0.4, -0.2) is 33.2 Å². The molecule has 0 saturated carbocycles. The summed E-state index contributed by atoms with van der Waals surface area (Å²) in [5.74, 6) is -1.36. The standard InChI is InChI=1S/C18H18O6S/c1-23-18(20)15-9-7-14(8-10-15)13-24-17(19)11-12-25(21,22)16-5-3-2-4-6-16/h2-10H,11-13H2,1H3. The molecule has 0 unspecified atom stereocenters. The lowest BCUT2D eigenvalue weighted by Crippen LogP contribution is -2.13. The highest BCUT2D eigenvalue weighted by Gasteiger charge is 2.16. The van der Waals surface area contributed by atoms with E-state index in [9.17, 15) is 18.0 Å². The summed E-state index contributed by atoms with van der Waals surface area (Å²) in [6.07, 6.45) is -0.225.